The Morgan fingerprint density at radius 2 is 1.67 bits per heavy atom. The topological polar surface area (TPSA) is 32.7 Å². The monoisotopic (exact) mass is 406 g/mol. The standard InChI is InChI=1S/C14H10N2O.W/c1-15-13-10-7-3-5-9-6-4-8-11(12(9)10)14(17)16(13)2;/h3-8H,1-2H2;/q-2;+2. The Hall–Kier alpha value is -1.60. The maximum absolute atomic E-state index is 12.1. The predicted octanol–water partition coefficient (Wildman–Crippen LogP) is 2.62. The van der Waals surface area contributed by atoms with E-state index < -0.39 is 0 Å². The average Bonchev–Trinajstić information content (AvgIpc) is 2.37. The molecular formula is C14H10N2OW. The number of rotatable bonds is 0. The third-order valence-corrected chi connectivity index (χ3v) is 3.03. The second-order valence-corrected chi connectivity index (χ2v) is 3.92. The average molecular weight is 406 g/mol. The van der Waals surface area contributed by atoms with Crippen molar-refractivity contribution in [2.24, 2.45) is 4.99 Å². The second-order valence-electron chi connectivity index (χ2n) is 3.92. The van der Waals surface area contributed by atoms with Crippen LogP contribution in [0.2, 0.25) is 0 Å². The summed E-state index contributed by atoms with van der Waals surface area (Å²) in [6.45, 7) is 0. The number of hydrogen-bond donors (Lipinski definition) is 0. The molecule has 1 aliphatic heterocycles. The van der Waals surface area contributed by atoms with Gasteiger partial charge in [-0.2, -0.15) is 7.05 Å². The van der Waals surface area contributed by atoms with Crippen molar-refractivity contribution in [1.29, 1.82) is 0 Å². The van der Waals surface area contributed by atoms with Crippen LogP contribution in [0.3, 0.4) is 0 Å². The van der Waals surface area contributed by atoms with Gasteiger partial charge in [0.2, 0.25) is 5.91 Å². The van der Waals surface area contributed by atoms with E-state index in [1.165, 1.54) is 4.90 Å². The molecule has 1 heterocycles. The number of nitrogens with zero attached hydrogens (tertiary/aromatic N) is 2. The molecule has 3 nitrogen and oxygen atoms in total. The first-order valence-corrected chi connectivity index (χ1v) is 5.25. The molecule has 1 aliphatic rings. The van der Waals surface area contributed by atoms with E-state index in [0.29, 0.717) is 11.4 Å². The van der Waals surface area contributed by atoms with Crippen LogP contribution < -0.4 is 0 Å². The Labute approximate surface area is 120 Å². The number of benzene rings is 2. The van der Waals surface area contributed by atoms with Gasteiger partial charge in [-0.15, -0.1) is 0 Å². The Morgan fingerprint density at radius 3 is 2.28 bits per heavy atom. The largest absolute Gasteiger partial charge is 2.00 e. The normalized spacial score (nSPS) is 15.9. The van der Waals surface area contributed by atoms with Crippen molar-refractivity contribution in [2.75, 3.05) is 0 Å². The van der Waals surface area contributed by atoms with Crippen LogP contribution >= 0.6 is 0 Å². The van der Waals surface area contributed by atoms with Crippen LogP contribution in [0.4, 0.5) is 0 Å². The van der Waals surface area contributed by atoms with Gasteiger partial charge in [0.15, 0.2) is 0 Å². The van der Waals surface area contributed by atoms with Crippen molar-refractivity contribution in [1.82, 2.24) is 4.90 Å². The minimum Gasteiger partial charge on any atom is -0.526 e. The summed E-state index contributed by atoms with van der Waals surface area (Å²) in [4.78, 5) is 17.3. The van der Waals surface area contributed by atoms with E-state index in [4.69, 9.17) is 0 Å². The van der Waals surface area contributed by atoms with Crippen molar-refractivity contribution in [3.8, 4) is 0 Å². The van der Waals surface area contributed by atoms with E-state index in [1.54, 1.807) is 0 Å². The van der Waals surface area contributed by atoms with Crippen molar-refractivity contribution in [3.63, 3.8) is 0 Å². The van der Waals surface area contributed by atoms with E-state index in [9.17, 15) is 4.79 Å². The van der Waals surface area contributed by atoms with E-state index in [0.717, 1.165) is 16.3 Å². The number of carbonyl (C=O) groups excluding carboxylic acids is 1. The van der Waals surface area contributed by atoms with Crippen LogP contribution in [0.25, 0.3) is 10.8 Å². The Morgan fingerprint density at radius 1 is 1.06 bits per heavy atom. The zero-order valence-corrected chi connectivity index (χ0v) is 12.5. The molecule has 0 aromatic heterocycles. The van der Waals surface area contributed by atoms with Crippen molar-refractivity contribution in [3.05, 3.63) is 61.6 Å². The summed E-state index contributed by atoms with van der Waals surface area (Å²) < 4.78 is 0. The summed E-state index contributed by atoms with van der Waals surface area (Å²) in [7, 11) is 7.24. The molecule has 2 aromatic rings. The van der Waals surface area contributed by atoms with Gasteiger partial charge in [0.05, 0.1) is 0 Å². The number of amides is 1. The summed E-state index contributed by atoms with van der Waals surface area (Å²) >= 11 is 0. The smallest absolute Gasteiger partial charge is 0.526 e. The minimum atomic E-state index is -0.142. The van der Waals surface area contributed by atoms with Crippen molar-refractivity contribution >= 4 is 22.5 Å². The molecule has 0 fully saturated rings. The van der Waals surface area contributed by atoms with E-state index >= 15 is 0 Å². The van der Waals surface area contributed by atoms with Crippen molar-refractivity contribution < 1.29 is 25.9 Å². The Bertz CT molecular complexity index is 659. The molecule has 0 saturated heterocycles. The van der Waals surface area contributed by atoms with Crippen LogP contribution in [-0.4, -0.2) is 16.6 Å². The molecule has 0 unspecified atom stereocenters. The summed E-state index contributed by atoms with van der Waals surface area (Å²) in [6.07, 6.45) is 0. The molecule has 0 aliphatic carbocycles. The van der Waals surface area contributed by atoms with Gasteiger partial charge in [-0.05, 0) is 22.7 Å². The SMILES string of the molecule is [CH2-]N=C1c2cccc3cccc(c23)C(=O)N1[CH2-].[W+2]. The first-order valence-electron chi connectivity index (χ1n) is 5.25. The molecule has 88 valence electrons. The zero-order chi connectivity index (χ0) is 12.0. The van der Waals surface area contributed by atoms with Crippen LogP contribution in [0.1, 0.15) is 15.9 Å². The molecule has 1 amide bonds. The van der Waals surface area contributed by atoms with Gasteiger partial charge in [0.25, 0.3) is 0 Å². The molecule has 18 heavy (non-hydrogen) atoms. The van der Waals surface area contributed by atoms with Crippen molar-refractivity contribution in [2.45, 2.75) is 0 Å². The first-order chi connectivity index (χ1) is 8.24. The van der Waals surface area contributed by atoms with Crippen LogP contribution in [0.15, 0.2) is 41.4 Å². The fraction of sp³-hybridized carbons (Fsp3) is 0. The maximum atomic E-state index is 12.1. The summed E-state index contributed by atoms with van der Waals surface area (Å²) in [6, 6.07) is 11.5. The van der Waals surface area contributed by atoms with Gasteiger partial charge in [-0.3, -0.25) is 11.8 Å². The zero-order valence-electron chi connectivity index (χ0n) is 9.59. The number of amidine groups is 1. The molecule has 3 rings (SSSR count). The molecule has 0 N–H and O–H groups in total. The Balaban J connectivity index is 0.00000120. The summed E-state index contributed by atoms with van der Waals surface area (Å²) in [5, 5.41) is 1.96. The molecule has 0 atom stereocenters. The molecule has 0 radical (unpaired) electrons. The molecule has 0 saturated carbocycles. The first kappa shape index (κ1) is 12.8. The van der Waals surface area contributed by atoms with Crippen LogP contribution in [0, 0.1) is 14.1 Å². The van der Waals surface area contributed by atoms with E-state index in [2.05, 4.69) is 19.1 Å². The molecule has 0 bridgehead atoms. The van der Waals surface area contributed by atoms with Gasteiger partial charge in [0.1, 0.15) is 0 Å². The minimum absolute atomic E-state index is 0. The van der Waals surface area contributed by atoms with Gasteiger partial charge < -0.3 is 9.89 Å². The fourth-order valence-corrected chi connectivity index (χ4v) is 2.26. The maximum Gasteiger partial charge on any atom is 2.00 e. The van der Waals surface area contributed by atoms with Crippen LogP contribution in [-0.2, 0) is 21.1 Å². The number of hydrogen-bond acceptors (Lipinski definition) is 2. The summed E-state index contributed by atoms with van der Waals surface area (Å²) in [5.41, 5.74) is 1.57. The number of aliphatic imine (C=N–C) groups is 1. The Kier molecular flexibility index (Phi) is 3.27. The fourth-order valence-electron chi connectivity index (χ4n) is 2.26. The second kappa shape index (κ2) is 4.58. The van der Waals surface area contributed by atoms with Crippen LogP contribution in [0.5, 0.6) is 0 Å². The van der Waals surface area contributed by atoms with Gasteiger partial charge in [-0.25, -0.2) is 0 Å². The number of carbonyl (C=O) groups is 1. The summed E-state index contributed by atoms with van der Waals surface area (Å²) in [5.74, 6) is 0.371. The third-order valence-electron chi connectivity index (χ3n) is 3.03. The third kappa shape index (κ3) is 1.58. The van der Waals surface area contributed by atoms with E-state index in [-0.39, 0.29) is 27.0 Å². The molecule has 2 aromatic carbocycles. The molecule has 4 heteroatoms. The van der Waals surface area contributed by atoms with Gasteiger partial charge >= 0.3 is 21.1 Å². The van der Waals surface area contributed by atoms with Gasteiger partial charge in [-0.1, -0.05) is 35.9 Å². The van der Waals surface area contributed by atoms with Gasteiger partial charge in [0, 0.05) is 5.56 Å². The molecular weight excluding hydrogens is 396 g/mol. The molecule has 0 spiro atoms. The predicted molar refractivity (Wildman–Crippen MR) is 67.4 cm³/mol. The quantitative estimate of drug-likeness (QED) is 0.620. The van der Waals surface area contributed by atoms with E-state index in [1.807, 2.05) is 36.4 Å².